The van der Waals surface area contributed by atoms with Crippen LogP contribution >= 0.6 is 0 Å². The average Bonchev–Trinajstić information content (AvgIpc) is 2.88. The van der Waals surface area contributed by atoms with Crippen molar-refractivity contribution >= 4 is 22.3 Å². The summed E-state index contributed by atoms with van der Waals surface area (Å²) in [5.74, 6) is 0. The molecule has 0 radical (unpaired) electrons. The zero-order valence-corrected chi connectivity index (χ0v) is 11.5. The van der Waals surface area contributed by atoms with Gasteiger partial charge in [0, 0.05) is 23.6 Å². The fourth-order valence-electron chi connectivity index (χ4n) is 2.31. The third-order valence-electron chi connectivity index (χ3n) is 3.38. The highest BCUT2D eigenvalue weighted by Crippen LogP contribution is 2.27. The number of nitrogens with one attached hydrogen (secondary N) is 1. The number of hydrogen-bond donors (Lipinski definition) is 1. The maximum absolute atomic E-state index is 11.1. The SMILES string of the molecule is Cc1ccc([N+](=O)[O-])c(NCc2coc3ccccc23)c1. The van der Waals surface area contributed by atoms with E-state index >= 15 is 0 Å². The maximum Gasteiger partial charge on any atom is 0.292 e. The molecule has 1 aromatic heterocycles. The van der Waals surface area contributed by atoms with Gasteiger partial charge in [-0.25, -0.2) is 0 Å². The van der Waals surface area contributed by atoms with Crippen molar-refractivity contribution in [2.45, 2.75) is 13.5 Å². The van der Waals surface area contributed by atoms with Crippen molar-refractivity contribution in [3.63, 3.8) is 0 Å². The van der Waals surface area contributed by atoms with Gasteiger partial charge >= 0.3 is 0 Å². The Labute approximate surface area is 121 Å². The van der Waals surface area contributed by atoms with Crippen LogP contribution in [0.3, 0.4) is 0 Å². The van der Waals surface area contributed by atoms with Crippen LogP contribution in [0.4, 0.5) is 11.4 Å². The molecule has 0 aliphatic carbocycles. The molecule has 2 aromatic carbocycles. The number of para-hydroxylation sites is 1. The second kappa shape index (κ2) is 5.28. The summed E-state index contributed by atoms with van der Waals surface area (Å²) >= 11 is 0. The summed E-state index contributed by atoms with van der Waals surface area (Å²) in [7, 11) is 0. The summed E-state index contributed by atoms with van der Waals surface area (Å²) in [4.78, 5) is 10.7. The lowest BCUT2D eigenvalue weighted by atomic mass is 10.1. The summed E-state index contributed by atoms with van der Waals surface area (Å²) in [6.45, 7) is 2.38. The monoisotopic (exact) mass is 282 g/mol. The normalized spacial score (nSPS) is 10.7. The maximum atomic E-state index is 11.1. The molecular weight excluding hydrogens is 268 g/mol. The molecule has 0 aliphatic rings. The van der Waals surface area contributed by atoms with Crippen LogP contribution in [0.2, 0.25) is 0 Å². The Morgan fingerprint density at radius 2 is 2.05 bits per heavy atom. The first-order valence-electron chi connectivity index (χ1n) is 6.59. The molecule has 21 heavy (non-hydrogen) atoms. The van der Waals surface area contributed by atoms with Crippen LogP contribution in [0, 0.1) is 17.0 Å². The molecule has 0 unspecified atom stereocenters. The predicted molar refractivity (Wildman–Crippen MR) is 81.4 cm³/mol. The van der Waals surface area contributed by atoms with E-state index in [9.17, 15) is 10.1 Å². The third-order valence-corrected chi connectivity index (χ3v) is 3.38. The lowest BCUT2D eigenvalue weighted by Crippen LogP contribution is -2.02. The Morgan fingerprint density at radius 1 is 1.24 bits per heavy atom. The molecule has 0 aliphatic heterocycles. The van der Waals surface area contributed by atoms with Gasteiger partial charge in [-0.2, -0.15) is 0 Å². The van der Waals surface area contributed by atoms with Gasteiger partial charge < -0.3 is 9.73 Å². The van der Waals surface area contributed by atoms with Crippen molar-refractivity contribution in [1.29, 1.82) is 0 Å². The molecule has 106 valence electrons. The van der Waals surface area contributed by atoms with Crippen LogP contribution in [-0.4, -0.2) is 4.92 Å². The van der Waals surface area contributed by atoms with E-state index < -0.39 is 0 Å². The highest BCUT2D eigenvalue weighted by atomic mass is 16.6. The van der Waals surface area contributed by atoms with Gasteiger partial charge in [0.2, 0.25) is 0 Å². The quantitative estimate of drug-likeness (QED) is 0.573. The number of nitrogens with zero attached hydrogens (tertiary/aromatic N) is 1. The number of nitro groups is 1. The van der Waals surface area contributed by atoms with Crippen molar-refractivity contribution in [1.82, 2.24) is 0 Å². The first-order valence-corrected chi connectivity index (χ1v) is 6.59. The Balaban J connectivity index is 1.88. The Hall–Kier alpha value is -2.82. The molecule has 3 aromatic rings. The molecular formula is C16H14N2O3. The van der Waals surface area contributed by atoms with Crippen molar-refractivity contribution in [2.24, 2.45) is 0 Å². The van der Waals surface area contributed by atoms with E-state index in [0.29, 0.717) is 12.2 Å². The molecule has 1 heterocycles. The largest absolute Gasteiger partial charge is 0.464 e. The number of hydrogen-bond acceptors (Lipinski definition) is 4. The standard InChI is InChI=1S/C16H14N2O3/c1-11-6-7-15(18(19)20)14(8-11)17-9-12-10-21-16-5-3-2-4-13(12)16/h2-8,10,17H,9H2,1H3. The van der Waals surface area contributed by atoms with Crippen molar-refractivity contribution in [3.8, 4) is 0 Å². The molecule has 0 saturated carbocycles. The summed E-state index contributed by atoms with van der Waals surface area (Å²) in [6.07, 6.45) is 1.68. The molecule has 0 bridgehead atoms. The van der Waals surface area contributed by atoms with Gasteiger partial charge in [-0.05, 0) is 24.6 Å². The van der Waals surface area contributed by atoms with E-state index in [2.05, 4.69) is 5.32 Å². The van der Waals surface area contributed by atoms with Gasteiger partial charge in [0.25, 0.3) is 5.69 Å². The molecule has 0 atom stereocenters. The number of rotatable bonds is 4. The van der Waals surface area contributed by atoms with Crippen LogP contribution in [-0.2, 0) is 6.54 Å². The number of nitro benzene ring substituents is 1. The Morgan fingerprint density at radius 3 is 2.86 bits per heavy atom. The van der Waals surface area contributed by atoms with E-state index in [1.165, 1.54) is 6.07 Å². The number of aryl methyl sites for hydroxylation is 1. The first-order chi connectivity index (χ1) is 10.1. The third kappa shape index (κ3) is 2.58. The van der Waals surface area contributed by atoms with Crippen molar-refractivity contribution < 1.29 is 9.34 Å². The molecule has 0 amide bonds. The molecule has 5 nitrogen and oxygen atoms in total. The van der Waals surface area contributed by atoms with E-state index in [4.69, 9.17) is 4.42 Å². The lowest BCUT2D eigenvalue weighted by Gasteiger charge is -2.07. The second-order valence-electron chi connectivity index (χ2n) is 4.89. The minimum atomic E-state index is -0.380. The molecule has 1 N–H and O–H groups in total. The van der Waals surface area contributed by atoms with Crippen LogP contribution in [0.1, 0.15) is 11.1 Å². The van der Waals surface area contributed by atoms with E-state index in [-0.39, 0.29) is 10.6 Å². The van der Waals surface area contributed by atoms with Gasteiger partial charge in [0.15, 0.2) is 0 Å². The highest BCUT2D eigenvalue weighted by molar-refractivity contribution is 5.81. The number of furan rings is 1. The Kier molecular flexibility index (Phi) is 3.31. The van der Waals surface area contributed by atoms with Gasteiger partial charge in [0.1, 0.15) is 11.3 Å². The van der Waals surface area contributed by atoms with Crippen LogP contribution < -0.4 is 5.32 Å². The predicted octanol–water partition coefficient (Wildman–Crippen LogP) is 4.26. The van der Waals surface area contributed by atoms with Crippen LogP contribution in [0.15, 0.2) is 53.1 Å². The fraction of sp³-hybridized carbons (Fsp3) is 0.125. The zero-order chi connectivity index (χ0) is 14.8. The highest BCUT2D eigenvalue weighted by Gasteiger charge is 2.14. The van der Waals surface area contributed by atoms with E-state index in [0.717, 1.165) is 22.1 Å². The number of anilines is 1. The molecule has 0 saturated heterocycles. The van der Waals surface area contributed by atoms with Gasteiger partial charge in [-0.1, -0.05) is 24.3 Å². The van der Waals surface area contributed by atoms with Crippen molar-refractivity contribution in [2.75, 3.05) is 5.32 Å². The van der Waals surface area contributed by atoms with Gasteiger partial charge in [-0.15, -0.1) is 0 Å². The van der Waals surface area contributed by atoms with E-state index in [1.54, 1.807) is 18.4 Å². The summed E-state index contributed by atoms with van der Waals surface area (Å²) in [5, 5.41) is 15.2. The molecule has 3 rings (SSSR count). The van der Waals surface area contributed by atoms with Crippen LogP contribution in [0.25, 0.3) is 11.0 Å². The topological polar surface area (TPSA) is 68.3 Å². The molecule has 0 fully saturated rings. The minimum absolute atomic E-state index is 0.0772. The first kappa shape index (κ1) is 13.2. The fourth-order valence-corrected chi connectivity index (χ4v) is 2.31. The van der Waals surface area contributed by atoms with Gasteiger partial charge in [-0.3, -0.25) is 10.1 Å². The van der Waals surface area contributed by atoms with Crippen LogP contribution in [0.5, 0.6) is 0 Å². The summed E-state index contributed by atoms with van der Waals surface area (Å²) in [6, 6.07) is 12.8. The van der Waals surface area contributed by atoms with Crippen molar-refractivity contribution in [3.05, 3.63) is 70.0 Å². The second-order valence-corrected chi connectivity index (χ2v) is 4.89. The Bertz CT molecular complexity index is 808. The molecule has 0 spiro atoms. The number of benzene rings is 2. The average molecular weight is 282 g/mol. The summed E-state index contributed by atoms with van der Waals surface area (Å²) < 4.78 is 5.46. The van der Waals surface area contributed by atoms with Gasteiger partial charge in [0.05, 0.1) is 11.2 Å². The number of fused-ring (bicyclic) bond motifs is 1. The van der Waals surface area contributed by atoms with E-state index in [1.807, 2.05) is 31.2 Å². The lowest BCUT2D eigenvalue weighted by molar-refractivity contribution is -0.384. The summed E-state index contributed by atoms with van der Waals surface area (Å²) in [5.41, 5.74) is 3.35. The smallest absolute Gasteiger partial charge is 0.292 e. The molecule has 5 heteroatoms. The minimum Gasteiger partial charge on any atom is -0.464 e. The zero-order valence-electron chi connectivity index (χ0n) is 11.5.